The lowest BCUT2D eigenvalue weighted by molar-refractivity contribution is 0.0951. The molecule has 3 aromatic rings. The highest BCUT2D eigenvalue weighted by Gasteiger charge is 2.19. The summed E-state index contributed by atoms with van der Waals surface area (Å²) < 4.78 is 13.8. The Hall–Kier alpha value is -2.49. The van der Waals surface area contributed by atoms with Crippen LogP contribution < -0.4 is 5.32 Å². The Balaban J connectivity index is 2.21. The summed E-state index contributed by atoms with van der Waals surface area (Å²) in [7, 11) is 0. The van der Waals surface area contributed by atoms with Gasteiger partial charge in [-0.2, -0.15) is 9.78 Å². The third kappa shape index (κ3) is 3.21. The van der Waals surface area contributed by atoms with Crippen LogP contribution in [0.15, 0.2) is 42.5 Å². The summed E-state index contributed by atoms with van der Waals surface area (Å²) in [6.45, 7) is -0.710. The van der Waals surface area contributed by atoms with Crippen LogP contribution in [0.5, 0.6) is 0 Å². The zero-order chi connectivity index (χ0) is 18.0. The number of rotatable bonds is 4. The molecule has 0 saturated carbocycles. The smallest absolute Gasteiger partial charge is 0.432 e. The van der Waals surface area contributed by atoms with Crippen LogP contribution in [0.3, 0.4) is 0 Å². The molecular weight excluding hydrogens is 440 g/mol. The number of hydrogen-bond acceptors (Lipinski definition) is 3. The van der Waals surface area contributed by atoms with Gasteiger partial charge in [-0.1, -0.05) is 30.3 Å². The summed E-state index contributed by atoms with van der Waals surface area (Å²) in [5, 5.41) is 16.5. The highest BCUT2D eigenvalue weighted by Crippen LogP contribution is 2.33. The first kappa shape index (κ1) is 17.3. The molecule has 0 radical (unpaired) electrons. The van der Waals surface area contributed by atoms with Gasteiger partial charge in [-0.15, -0.1) is 0 Å². The van der Waals surface area contributed by atoms with E-state index in [1.54, 1.807) is 42.5 Å². The highest BCUT2D eigenvalue weighted by molar-refractivity contribution is 14.1. The standard InChI is InChI=1S/C17H13FIN3O3/c18-8-9-20-16(23)12-5-2-1-4-10(12)11-6-3-7-13-14(11)15(19)21-22(13)17(24)25/h1-7H,8-9H2,(H,20,23)(H,24,25). The van der Waals surface area contributed by atoms with Crippen molar-refractivity contribution in [3.8, 4) is 11.1 Å². The van der Waals surface area contributed by atoms with Crippen LogP contribution in [0, 0.1) is 3.70 Å². The molecule has 0 atom stereocenters. The van der Waals surface area contributed by atoms with Gasteiger partial charge in [0.1, 0.15) is 10.4 Å². The molecule has 0 aliphatic heterocycles. The molecule has 8 heteroatoms. The number of carbonyl (C=O) groups is 2. The van der Waals surface area contributed by atoms with E-state index < -0.39 is 12.8 Å². The van der Waals surface area contributed by atoms with Gasteiger partial charge in [0.15, 0.2) is 0 Å². The first-order valence-corrected chi connectivity index (χ1v) is 8.46. The maximum atomic E-state index is 12.3. The van der Waals surface area contributed by atoms with E-state index >= 15 is 0 Å². The summed E-state index contributed by atoms with van der Waals surface area (Å²) in [6.07, 6.45) is -1.18. The number of alkyl halides is 1. The van der Waals surface area contributed by atoms with Crippen molar-refractivity contribution in [1.29, 1.82) is 0 Å². The van der Waals surface area contributed by atoms with E-state index in [0.717, 1.165) is 4.68 Å². The van der Waals surface area contributed by atoms with Gasteiger partial charge in [0.25, 0.3) is 5.91 Å². The molecule has 1 aromatic heterocycles. The van der Waals surface area contributed by atoms with E-state index in [-0.39, 0.29) is 12.5 Å². The minimum absolute atomic E-state index is 0.0636. The molecule has 0 fully saturated rings. The second kappa shape index (κ2) is 7.18. The average molecular weight is 453 g/mol. The second-order valence-electron chi connectivity index (χ2n) is 5.18. The van der Waals surface area contributed by atoms with Gasteiger partial charge in [0.2, 0.25) is 0 Å². The van der Waals surface area contributed by atoms with Crippen LogP contribution in [0.1, 0.15) is 10.4 Å². The number of nitrogens with zero attached hydrogens (tertiary/aromatic N) is 2. The summed E-state index contributed by atoms with van der Waals surface area (Å²) in [6, 6.07) is 12.1. The summed E-state index contributed by atoms with van der Waals surface area (Å²) in [5.41, 5.74) is 2.16. The molecule has 3 rings (SSSR count). The highest BCUT2D eigenvalue weighted by atomic mass is 127. The lowest BCUT2D eigenvalue weighted by Crippen LogP contribution is -2.25. The van der Waals surface area contributed by atoms with Crippen LogP contribution in [-0.2, 0) is 0 Å². The molecule has 0 aliphatic carbocycles. The zero-order valence-corrected chi connectivity index (χ0v) is 15.0. The maximum absolute atomic E-state index is 12.3. The molecule has 25 heavy (non-hydrogen) atoms. The molecule has 2 aromatic carbocycles. The van der Waals surface area contributed by atoms with Gasteiger partial charge >= 0.3 is 6.09 Å². The fraction of sp³-hybridized carbons (Fsp3) is 0.118. The first-order valence-electron chi connectivity index (χ1n) is 7.38. The van der Waals surface area contributed by atoms with E-state index in [9.17, 15) is 19.1 Å². The van der Waals surface area contributed by atoms with E-state index in [1.807, 2.05) is 22.6 Å². The Morgan fingerprint density at radius 3 is 2.60 bits per heavy atom. The molecule has 128 valence electrons. The van der Waals surface area contributed by atoms with Crippen LogP contribution in [-0.4, -0.2) is 40.1 Å². The fourth-order valence-corrected chi connectivity index (χ4v) is 3.45. The summed E-state index contributed by atoms with van der Waals surface area (Å²) in [5.74, 6) is -0.383. The molecule has 0 spiro atoms. The third-order valence-electron chi connectivity index (χ3n) is 3.69. The molecule has 2 N–H and O–H groups in total. The Kier molecular flexibility index (Phi) is 4.98. The number of carbonyl (C=O) groups excluding carboxylic acids is 1. The van der Waals surface area contributed by atoms with Crippen molar-refractivity contribution in [3.63, 3.8) is 0 Å². The van der Waals surface area contributed by atoms with Crippen LogP contribution in [0.25, 0.3) is 22.0 Å². The molecule has 0 aliphatic rings. The van der Waals surface area contributed by atoms with Gasteiger partial charge in [-0.25, -0.2) is 9.18 Å². The number of hydrogen-bond donors (Lipinski definition) is 2. The molecule has 0 bridgehead atoms. The van der Waals surface area contributed by atoms with E-state index in [4.69, 9.17) is 0 Å². The van der Waals surface area contributed by atoms with Crippen molar-refractivity contribution in [3.05, 3.63) is 51.7 Å². The Morgan fingerprint density at radius 2 is 1.88 bits per heavy atom. The lowest BCUT2D eigenvalue weighted by atomic mass is 9.96. The SMILES string of the molecule is O=C(NCCF)c1ccccc1-c1cccc2c1c(I)nn2C(=O)O. The topological polar surface area (TPSA) is 84.2 Å². The van der Waals surface area contributed by atoms with Crippen molar-refractivity contribution < 1.29 is 19.1 Å². The van der Waals surface area contributed by atoms with E-state index in [0.29, 0.717) is 31.3 Å². The normalized spacial score (nSPS) is 10.8. The zero-order valence-electron chi connectivity index (χ0n) is 12.9. The van der Waals surface area contributed by atoms with Crippen molar-refractivity contribution in [2.45, 2.75) is 0 Å². The largest absolute Gasteiger partial charge is 0.463 e. The van der Waals surface area contributed by atoms with Crippen molar-refractivity contribution >= 4 is 45.5 Å². The van der Waals surface area contributed by atoms with Crippen molar-refractivity contribution in [1.82, 2.24) is 15.1 Å². The van der Waals surface area contributed by atoms with Crippen LogP contribution in [0.2, 0.25) is 0 Å². The Bertz CT molecular complexity index is 971. The lowest BCUT2D eigenvalue weighted by Gasteiger charge is -2.11. The van der Waals surface area contributed by atoms with E-state index in [2.05, 4.69) is 10.4 Å². The molecule has 1 amide bonds. The number of amides is 1. The number of aromatic nitrogens is 2. The first-order chi connectivity index (χ1) is 12.0. The third-order valence-corrected chi connectivity index (χ3v) is 4.44. The van der Waals surface area contributed by atoms with Crippen LogP contribution in [0.4, 0.5) is 9.18 Å². The minimum Gasteiger partial charge on any atom is -0.463 e. The molecule has 0 unspecified atom stereocenters. The molecule has 1 heterocycles. The van der Waals surface area contributed by atoms with Crippen LogP contribution >= 0.6 is 22.6 Å². The van der Waals surface area contributed by atoms with Gasteiger partial charge in [-0.05, 0) is 45.9 Å². The predicted molar refractivity (Wildman–Crippen MR) is 99.6 cm³/mol. The van der Waals surface area contributed by atoms with Gasteiger partial charge in [0.05, 0.1) is 5.52 Å². The second-order valence-corrected chi connectivity index (χ2v) is 6.20. The maximum Gasteiger partial charge on any atom is 0.432 e. The number of fused-ring (bicyclic) bond motifs is 1. The minimum atomic E-state index is -1.18. The van der Waals surface area contributed by atoms with Gasteiger partial charge in [-0.3, -0.25) is 4.79 Å². The number of benzene rings is 2. The molecular formula is C17H13FIN3O3. The predicted octanol–water partition coefficient (Wildman–Crippen LogP) is 3.53. The van der Waals surface area contributed by atoms with E-state index in [1.165, 1.54) is 0 Å². The van der Waals surface area contributed by atoms with Gasteiger partial charge < -0.3 is 10.4 Å². The quantitative estimate of drug-likeness (QED) is 0.593. The molecule has 0 saturated heterocycles. The average Bonchev–Trinajstić information content (AvgIpc) is 2.97. The number of carboxylic acid groups (broad SMARTS) is 1. The monoisotopic (exact) mass is 453 g/mol. The Labute approximate surface area is 155 Å². The fourth-order valence-electron chi connectivity index (χ4n) is 2.67. The number of halogens is 2. The molecule has 6 nitrogen and oxygen atoms in total. The Morgan fingerprint density at radius 1 is 1.16 bits per heavy atom. The van der Waals surface area contributed by atoms with Gasteiger partial charge in [0, 0.05) is 17.5 Å². The van der Waals surface area contributed by atoms with Crippen molar-refractivity contribution in [2.75, 3.05) is 13.2 Å². The summed E-state index contributed by atoms with van der Waals surface area (Å²) >= 11 is 1.97. The van der Waals surface area contributed by atoms with Crippen molar-refractivity contribution in [2.24, 2.45) is 0 Å². The summed E-state index contributed by atoms with van der Waals surface area (Å²) in [4.78, 5) is 23.7. The number of nitrogens with one attached hydrogen (secondary N) is 1.